The van der Waals surface area contributed by atoms with Gasteiger partial charge in [0.15, 0.2) is 12.9 Å². The lowest BCUT2D eigenvalue weighted by atomic mass is 10.2. The molecule has 0 aliphatic rings. The van der Waals surface area contributed by atoms with Crippen LogP contribution in [-0.4, -0.2) is 19.7 Å². The molecule has 0 rings (SSSR count). The molecule has 8 heteroatoms. The van der Waals surface area contributed by atoms with Crippen molar-refractivity contribution in [2.24, 2.45) is 0 Å². The van der Waals surface area contributed by atoms with Crippen molar-refractivity contribution in [1.29, 1.82) is 0 Å². The van der Waals surface area contributed by atoms with E-state index in [0.717, 1.165) is 25.8 Å². The second kappa shape index (κ2) is 7.20. The predicted octanol–water partition coefficient (Wildman–Crippen LogP) is 6.27. The first kappa shape index (κ1) is 19.1. The standard InChI is InChI=1S/C11H19ClF6Si/c1-3-4-5-6-7-8-19(2,12)9(10(13,14)15)11(16,17)18/h9H,3-8H2,1-2H3. The summed E-state index contributed by atoms with van der Waals surface area (Å²) < 4.78 is 75.4. The van der Waals surface area contributed by atoms with Crippen LogP contribution in [0.15, 0.2) is 0 Å². The molecule has 0 aromatic heterocycles. The number of hydrogen-bond donors (Lipinski definition) is 0. The third-order valence-corrected chi connectivity index (χ3v) is 7.44. The second-order valence-corrected chi connectivity index (χ2v) is 11.2. The highest BCUT2D eigenvalue weighted by Gasteiger charge is 2.65. The van der Waals surface area contributed by atoms with Crippen LogP contribution < -0.4 is 0 Å². The predicted molar refractivity (Wildman–Crippen MR) is 66.9 cm³/mol. The van der Waals surface area contributed by atoms with Gasteiger partial charge in [-0.05, 0) is 6.04 Å². The Labute approximate surface area is 115 Å². The van der Waals surface area contributed by atoms with Crippen LogP contribution in [0.1, 0.15) is 39.0 Å². The van der Waals surface area contributed by atoms with Gasteiger partial charge < -0.3 is 0 Å². The molecule has 0 saturated carbocycles. The molecule has 0 fully saturated rings. The largest absolute Gasteiger partial charge is 0.399 e. The van der Waals surface area contributed by atoms with Crippen LogP contribution in [0.2, 0.25) is 18.1 Å². The lowest BCUT2D eigenvalue weighted by Gasteiger charge is -2.33. The number of hydrogen-bond acceptors (Lipinski definition) is 0. The average Bonchev–Trinajstić information content (AvgIpc) is 2.11. The van der Waals surface area contributed by atoms with Crippen molar-refractivity contribution >= 4 is 18.5 Å². The summed E-state index contributed by atoms with van der Waals surface area (Å²) >= 11 is 5.68. The molecule has 116 valence electrons. The van der Waals surface area contributed by atoms with Gasteiger partial charge in [-0.25, -0.2) is 0 Å². The van der Waals surface area contributed by atoms with Gasteiger partial charge in [0.1, 0.15) is 0 Å². The Kier molecular flexibility index (Phi) is 7.23. The van der Waals surface area contributed by atoms with Crippen LogP contribution >= 0.6 is 11.1 Å². The molecule has 0 amide bonds. The average molecular weight is 329 g/mol. The van der Waals surface area contributed by atoms with E-state index >= 15 is 0 Å². The first-order chi connectivity index (χ1) is 8.43. The lowest BCUT2D eigenvalue weighted by molar-refractivity contribution is -0.232. The van der Waals surface area contributed by atoms with Crippen molar-refractivity contribution in [2.45, 2.75) is 69.5 Å². The number of alkyl halides is 6. The van der Waals surface area contributed by atoms with Crippen LogP contribution in [0.3, 0.4) is 0 Å². The smallest absolute Gasteiger partial charge is 0.171 e. The molecule has 1 atom stereocenters. The van der Waals surface area contributed by atoms with Crippen LogP contribution in [0.5, 0.6) is 0 Å². The summed E-state index contributed by atoms with van der Waals surface area (Å²) in [4.78, 5) is 0. The first-order valence-electron chi connectivity index (χ1n) is 6.25. The van der Waals surface area contributed by atoms with E-state index in [1.165, 1.54) is 0 Å². The van der Waals surface area contributed by atoms with Gasteiger partial charge in [0.2, 0.25) is 0 Å². The molecule has 0 aromatic rings. The molecule has 0 aromatic carbocycles. The van der Waals surface area contributed by atoms with Crippen molar-refractivity contribution in [1.82, 2.24) is 0 Å². The summed E-state index contributed by atoms with van der Waals surface area (Å²) in [7, 11) is -3.94. The van der Waals surface area contributed by atoms with Gasteiger partial charge in [0, 0.05) is 0 Å². The molecule has 0 aliphatic heterocycles. The number of halogens is 7. The van der Waals surface area contributed by atoms with Gasteiger partial charge in [-0.3, -0.25) is 0 Å². The topological polar surface area (TPSA) is 0 Å². The molecular formula is C11H19ClF6Si. The second-order valence-electron chi connectivity index (χ2n) is 4.96. The monoisotopic (exact) mass is 328 g/mol. The maximum absolute atomic E-state index is 12.6. The third kappa shape index (κ3) is 6.88. The van der Waals surface area contributed by atoms with Gasteiger partial charge in [0.25, 0.3) is 0 Å². The minimum absolute atomic E-state index is 0.165. The van der Waals surface area contributed by atoms with Crippen LogP contribution in [0.4, 0.5) is 26.3 Å². The van der Waals surface area contributed by atoms with Crippen LogP contribution in [0, 0.1) is 0 Å². The fraction of sp³-hybridized carbons (Fsp3) is 1.00. The Morgan fingerprint density at radius 2 is 1.32 bits per heavy atom. The van der Waals surface area contributed by atoms with Gasteiger partial charge in [-0.15, -0.1) is 0 Å². The molecule has 0 nitrogen and oxygen atoms in total. The first-order valence-corrected chi connectivity index (χ1v) is 10.0. The zero-order valence-electron chi connectivity index (χ0n) is 11.0. The van der Waals surface area contributed by atoms with Gasteiger partial charge in [-0.2, -0.15) is 37.4 Å². The minimum Gasteiger partial charge on any atom is -0.171 e. The highest BCUT2D eigenvalue weighted by atomic mass is 35.6. The molecule has 19 heavy (non-hydrogen) atoms. The van der Waals surface area contributed by atoms with E-state index in [9.17, 15) is 26.3 Å². The Morgan fingerprint density at radius 3 is 1.68 bits per heavy atom. The Balaban J connectivity index is 4.64. The molecule has 0 saturated heterocycles. The third-order valence-electron chi connectivity index (χ3n) is 3.03. The van der Waals surface area contributed by atoms with Gasteiger partial charge >= 0.3 is 12.4 Å². The van der Waals surface area contributed by atoms with Crippen molar-refractivity contribution in [3.8, 4) is 0 Å². The number of unbranched alkanes of at least 4 members (excludes halogenated alkanes) is 4. The van der Waals surface area contributed by atoms with Crippen LogP contribution in [0.25, 0.3) is 0 Å². The molecule has 0 bridgehead atoms. The van der Waals surface area contributed by atoms with Gasteiger partial charge in [0.05, 0.1) is 0 Å². The summed E-state index contributed by atoms with van der Waals surface area (Å²) in [5.74, 6) is 0. The summed E-state index contributed by atoms with van der Waals surface area (Å²) in [5.41, 5.74) is -3.35. The summed E-state index contributed by atoms with van der Waals surface area (Å²) in [6, 6.07) is -0.165. The van der Waals surface area contributed by atoms with Gasteiger partial charge in [-0.1, -0.05) is 45.6 Å². The number of rotatable bonds is 7. The zero-order chi connectivity index (χ0) is 15.3. The van der Waals surface area contributed by atoms with Crippen LogP contribution in [-0.2, 0) is 0 Å². The van der Waals surface area contributed by atoms with E-state index in [0.29, 0.717) is 12.8 Å². The van der Waals surface area contributed by atoms with E-state index in [-0.39, 0.29) is 6.04 Å². The molecule has 0 aliphatic carbocycles. The fourth-order valence-corrected chi connectivity index (χ4v) is 5.82. The Morgan fingerprint density at radius 1 is 0.895 bits per heavy atom. The Hall–Kier alpha value is 0.0869. The maximum atomic E-state index is 12.6. The molecule has 0 heterocycles. The quantitative estimate of drug-likeness (QED) is 0.224. The summed E-state index contributed by atoms with van der Waals surface area (Å²) in [6.45, 7) is 2.93. The van der Waals surface area contributed by atoms with Crippen molar-refractivity contribution in [3.05, 3.63) is 0 Å². The Bertz CT molecular complexity index is 247. The highest BCUT2D eigenvalue weighted by molar-refractivity contribution is 7.20. The molecule has 0 radical (unpaired) electrons. The SMILES string of the molecule is CCCCCCC[Si](C)(Cl)C(C(F)(F)F)C(F)(F)F. The molecule has 0 N–H and O–H groups in total. The molecule has 1 unspecified atom stereocenters. The molecule has 0 spiro atoms. The van der Waals surface area contributed by atoms with E-state index in [4.69, 9.17) is 11.1 Å². The maximum Gasteiger partial charge on any atom is 0.399 e. The summed E-state index contributed by atoms with van der Waals surface area (Å²) in [6.07, 6.45) is -6.96. The zero-order valence-corrected chi connectivity index (χ0v) is 12.7. The van der Waals surface area contributed by atoms with E-state index in [2.05, 4.69) is 0 Å². The summed E-state index contributed by atoms with van der Waals surface area (Å²) in [5, 5.41) is 0. The van der Waals surface area contributed by atoms with E-state index < -0.39 is 25.3 Å². The molecular weight excluding hydrogens is 310 g/mol. The fourth-order valence-electron chi connectivity index (χ4n) is 2.09. The highest BCUT2D eigenvalue weighted by Crippen LogP contribution is 2.52. The minimum atomic E-state index is -5.32. The van der Waals surface area contributed by atoms with Crippen molar-refractivity contribution in [3.63, 3.8) is 0 Å². The van der Waals surface area contributed by atoms with E-state index in [1.54, 1.807) is 0 Å². The van der Waals surface area contributed by atoms with E-state index in [1.807, 2.05) is 6.92 Å². The normalized spacial score (nSPS) is 16.7. The lowest BCUT2D eigenvalue weighted by Crippen LogP contribution is -2.47. The van der Waals surface area contributed by atoms with Crippen molar-refractivity contribution in [2.75, 3.05) is 0 Å². The van der Waals surface area contributed by atoms with Crippen molar-refractivity contribution < 1.29 is 26.3 Å².